The molecule has 0 aromatic carbocycles. The van der Waals surface area contributed by atoms with E-state index in [9.17, 15) is 9.59 Å². The third-order valence-electron chi connectivity index (χ3n) is 0.825. The maximum atomic E-state index is 10.6. The second-order valence-electron chi connectivity index (χ2n) is 1.58. The van der Waals surface area contributed by atoms with E-state index < -0.39 is 12.1 Å². The van der Waals surface area contributed by atoms with Gasteiger partial charge in [-0.15, -0.1) is 5.06 Å². The summed E-state index contributed by atoms with van der Waals surface area (Å²) in [5.74, 6) is -0.710. The highest BCUT2D eigenvalue weighted by molar-refractivity contribution is 5.82. The molecule has 0 aromatic heterocycles. The second-order valence-corrected chi connectivity index (χ2v) is 1.58. The Labute approximate surface area is 64.1 Å². The van der Waals surface area contributed by atoms with Crippen LogP contribution >= 0.6 is 0 Å². The first kappa shape index (κ1) is 9.48. The summed E-state index contributed by atoms with van der Waals surface area (Å²) in [6.45, 7) is 3.15. The third kappa shape index (κ3) is 3.24. The minimum atomic E-state index is -0.750. The molecule has 62 valence electrons. The van der Waals surface area contributed by atoms with Crippen LogP contribution in [0.5, 0.6) is 0 Å². The molecule has 0 fully saturated rings. The Bertz CT molecular complexity index is 177. The minimum Gasteiger partial charge on any atom is -0.451 e. The number of hydrogen-bond acceptors (Lipinski definition) is 4. The minimum absolute atomic E-state index is 0.671. The summed E-state index contributed by atoms with van der Waals surface area (Å²) in [5.41, 5.74) is 0. The smallest absolute Gasteiger partial charge is 0.442 e. The number of carbonyl (C=O) groups excluding carboxylic acids is 2. The fourth-order valence-corrected chi connectivity index (χ4v) is 0.338. The van der Waals surface area contributed by atoms with Crippen LogP contribution in [0, 0.1) is 0 Å². The number of hydroxylamine groups is 2. The van der Waals surface area contributed by atoms with Gasteiger partial charge in [-0.2, -0.15) is 0 Å². The van der Waals surface area contributed by atoms with E-state index in [0.29, 0.717) is 5.06 Å². The number of amides is 1. The largest absolute Gasteiger partial charge is 0.451 e. The first-order chi connectivity index (χ1) is 5.11. The Balaban J connectivity index is 3.86. The molecule has 0 bridgehead atoms. The Morgan fingerprint density at radius 1 is 1.55 bits per heavy atom. The molecule has 0 rings (SSSR count). The molecule has 0 aromatic rings. The maximum Gasteiger partial charge on any atom is 0.442 e. The zero-order chi connectivity index (χ0) is 8.85. The summed E-state index contributed by atoms with van der Waals surface area (Å²) in [4.78, 5) is 25.4. The normalized spacial score (nSPS) is 8.18. The highest BCUT2D eigenvalue weighted by atomic mass is 16.7. The third-order valence-corrected chi connectivity index (χ3v) is 0.825. The number of rotatable bonds is 1. The second kappa shape index (κ2) is 4.32. The molecule has 0 saturated carbocycles. The van der Waals surface area contributed by atoms with Gasteiger partial charge < -0.3 is 9.57 Å². The van der Waals surface area contributed by atoms with E-state index in [-0.39, 0.29) is 0 Å². The van der Waals surface area contributed by atoms with E-state index in [4.69, 9.17) is 0 Å². The fourth-order valence-electron chi connectivity index (χ4n) is 0.338. The van der Waals surface area contributed by atoms with Crippen molar-refractivity contribution in [1.82, 2.24) is 5.06 Å². The van der Waals surface area contributed by atoms with Crippen molar-refractivity contribution in [2.45, 2.75) is 0 Å². The first-order valence-corrected chi connectivity index (χ1v) is 2.78. The van der Waals surface area contributed by atoms with Crippen LogP contribution in [-0.4, -0.2) is 31.3 Å². The average Bonchev–Trinajstić information content (AvgIpc) is 2.02. The molecule has 0 aliphatic carbocycles. The van der Waals surface area contributed by atoms with Crippen molar-refractivity contribution < 1.29 is 19.2 Å². The van der Waals surface area contributed by atoms with Crippen molar-refractivity contribution in [2.24, 2.45) is 0 Å². The highest BCUT2D eigenvalue weighted by Crippen LogP contribution is 1.90. The van der Waals surface area contributed by atoms with Crippen LogP contribution in [-0.2, 0) is 14.4 Å². The van der Waals surface area contributed by atoms with Crippen molar-refractivity contribution in [2.75, 3.05) is 14.2 Å². The van der Waals surface area contributed by atoms with Crippen molar-refractivity contribution in [1.29, 1.82) is 0 Å². The molecular weight excluding hydrogens is 150 g/mol. The molecule has 0 atom stereocenters. The van der Waals surface area contributed by atoms with Gasteiger partial charge in [-0.05, 0) is 0 Å². The van der Waals surface area contributed by atoms with Gasteiger partial charge in [0, 0.05) is 6.08 Å². The number of carbonyl (C=O) groups is 2. The lowest BCUT2D eigenvalue weighted by atomic mass is 10.7. The molecule has 0 unspecified atom stereocenters. The van der Waals surface area contributed by atoms with E-state index in [1.807, 2.05) is 0 Å². The molecule has 0 spiro atoms. The monoisotopic (exact) mass is 159 g/mol. The van der Waals surface area contributed by atoms with Gasteiger partial charge in [0.1, 0.15) is 0 Å². The molecule has 1 amide bonds. The molecule has 0 saturated heterocycles. The van der Waals surface area contributed by atoms with E-state index in [1.165, 1.54) is 14.2 Å². The number of nitrogens with zero attached hydrogens (tertiary/aromatic N) is 1. The van der Waals surface area contributed by atoms with E-state index in [0.717, 1.165) is 6.08 Å². The molecule has 11 heavy (non-hydrogen) atoms. The Hall–Kier alpha value is -1.52. The van der Waals surface area contributed by atoms with Crippen LogP contribution in [0.15, 0.2) is 12.7 Å². The van der Waals surface area contributed by atoms with Crippen molar-refractivity contribution in [3.05, 3.63) is 12.7 Å². The summed E-state index contributed by atoms with van der Waals surface area (Å²) in [6, 6.07) is 0. The molecule has 5 heteroatoms. The van der Waals surface area contributed by atoms with Gasteiger partial charge in [-0.3, -0.25) is 0 Å². The van der Waals surface area contributed by atoms with E-state index >= 15 is 0 Å². The van der Waals surface area contributed by atoms with E-state index in [1.54, 1.807) is 0 Å². The predicted molar refractivity (Wildman–Crippen MR) is 36.5 cm³/mol. The molecule has 0 radical (unpaired) electrons. The summed E-state index contributed by atoms with van der Waals surface area (Å²) in [5, 5.41) is 0.671. The standard InChI is InChI=1S/C6H9NO4/c1-4-5(8)11-7(2)6(9)10-3/h4H,1H2,2-3H3. The highest BCUT2D eigenvalue weighted by Gasteiger charge is 2.10. The van der Waals surface area contributed by atoms with Crippen molar-refractivity contribution >= 4 is 12.1 Å². The summed E-state index contributed by atoms with van der Waals surface area (Å²) in [6.07, 6.45) is 0.194. The molecule has 0 N–H and O–H groups in total. The number of ether oxygens (including phenoxy) is 1. The fraction of sp³-hybridized carbons (Fsp3) is 0.333. The molecule has 0 aliphatic rings. The van der Waals surface area contributed by atoms with E-state index in [2.05, 4.69) is 16.2 Å². The molecule has 0 aliphatic heterocycles. The zero-order valence-corrected chi connectivity index (χ0v) is 6.36. The zero-order valence-electron chi connectivity index (χ0n) is 6.36. The number of methoxy groups -OCH3 is 1. The van der Waals surface area contributed by atoms with Crippen LogP contribution < -0.4 is 0 Å². The Kier molecular flexibility index (Phi) is 3.72. The first-order valence-electron chi connectivity index (χ1n) is 2.78. The lowest BCUT2D eigenvalue weighted by molar-refractivity contribution is -0.169. The van der Waals surface area contributed by atoms with Crippen molar-refractivity contribution in [3.63, 3.8) is 0 Å². The Morgan fingerprint density at radius 3 is 2.45 bits per heavy atom. The van der Waals surface area contributed by atoms with Gasteiger partial charge in [-0.25, -0.2) is 9.59 Å². The predicted octanol–water partition coefficient (Wildman–Crippen LogP) is 0.329. The lowest BCUT2D eigenvalue weighted by Gasteiger charge is -2.12. The van der Waals surface area contributed by atoms with Gasteiger partial charge in [0.2, 0.25) is 0 Å². The van der Waals surface area contributed by atoms with Crippen LogP contribution in [0.4, 0.5) is 4.79 Å². The number of hydrogen-bond donors (Lipinski definition) is 0. The maximum absolute atomic E-state index is 10.6. The van der Waals surface area contributed by atoms with Gasteiger partial charge in [0.15, 0.2) is 0 Å². The van der Waals surface area contributed by atoms with Crippen molar-refractivity contribution in [3.8, 4) is 0 Å². The van der Waals surface area contributed by atoms with Crippen LogP contribution in [0.2, 0.25) is 0 Å². The summed E-state index contributed by atoms with van der Waals surface area (Å²) < 4.78 is 4.23. The van der Waals surface area contributed by atoms with Crippen LogP contribution in [0.1, 0.15) is 0 Å². The molecule has 0 heterocycles. The molecular formula is C6H9NO4. The Morgan fingerprint density at radius 2 is 2.09 bits per heavy atom. The summed E-state index contributed by atoms with van der Waals surface area (Å²) >= 11 is 0. The SMILES string of the molecule is C=CC(=O)ON(C)C(=O)OC. The van der Waals surface area contributed by atoms with Gasteiger partial charge in [0.25, 0.3) is 0 Å². The van der Waals surface area contributed by atoms with Gasteiger partial charge in [-0.1, -0.05) is 6.58 Å². The summed E-state index contributed by atoms with van der Waals surface area (Å²) in [7, 11) is 2.44. The molecule has 5 nitrogen and oxygen atoms in total. The van der Waals surface area contributed by atoms with Gasteiger partial charge >= 0.3 is 12.1 Å². The quantitative estimate of drug-likeness (QED) is 0.408. The average molecular weight is 159 g/mol. The lowest BCUT2D eigenvalue weighted by Crippen LogP contribution is -2.28. The van der Waals surface area contributed by atoms with Crippen LogP contribution in [0.25, 0.3) is 0 Å². The van der Waals surface area contributed by atoms with Crippen LogP contribution in [0.3, 0.4) is 0 Å². The topological polar surface area (TPSA) is 55.8 Å². The van der Waals surface area contributed by atoms with Gasteiger partial charge in [0.05, 0.1) is 14.2 Å².